The third-order valence-electron chi connectivity index (χ3n) is 6.11. The van der Waals surface area contributed by atoms with E-state index in [2.05, 4.69) is 11.8 Å². The maximum atomic E-state index is 13.3. The Hall–Kier alpha value is -1.22. The van der Waals surface area contributed by atoms with Crippen molar-refractivity contribution in [2.24, 2.45) is 5.92 Å². The van der Waals surface area contributed by atoms with E-state index >= 15 is 0 Å². The van der Waals surface area contributed by atoms with Crippen molar-refractivity contribution in [3.63, 3.8) is 0 Å². The summed E-state index contributed by atoms with van der Waals surface area (Å²) in [7, 11) is -1.76. The Kier molecular flexibility index (Phi) is 7.19. The molecule has 162 valence electrons. The van der Waals surface area contributed by atoms with E-state index in [9.17, 15) is 17.6 Å². The fraction of sp³-hybridized carbons (Fsp3) is 0.650. The van der Waals surface area contributed by atoms with Gasteiger partial charge in [0.1, 0.15) is 5.82 Å². The summed E-state index contributed by atoms with van der Waals surface area (Å²) in [5.41, 5.74) is 0. The van der Waals surface area contributed by atoms with Gasteiger partial charge in [0.15, 0.2) is 0 Å². The zero-order valence-electron chi connectivity index (χ0n) is 17.0. The average Bonchev–Trinajstić information content (AvgIpc) is 2.70. The zero-order chi connectivity index (χ0) is 21.2. The standard InChI is InChI=1S/C20H29ClFN3O3S/c1-15-3-5-16(6-4-15)23(2)14-20(26)24-9-11-25(12-10-24)29(27,28)17-7-8-19(22)18(21)13-17/h7-8,13,15-16H,3-6,9-12,14H2,1-2H3. The molecule has 0 aromatic heterocycles. The normalized spacial score (nSPS) is 24.1. The van der Waals surface area contributed by atoms with E-state index in [4.69, 9.17) is 11.6 Å². The minimum atomic E-state index is -3.76. The first kappa shape index (κ1) is 22.5. The number of likely N-dealkylation sites (N-methyl/N-ethyl adjacent to an activating group) is 1. The third-order valence-corrected chi connectivity index (χ3v) is 8.30. The molecule has 1 aliphatic carbocycles. The fourth-order valence-electron chi connectivity index (χ4n) is 4.09. The number of hydrogen-bond acceptors (Lipinski definition) is 4. The number of piperazine rings is 1. The summed E-state index contributed by atoms with van der Waals surface area (Å²) < 4.78 is 40.2. The van der Waals surface area contributed by atoms with Crippen LogP contribution in [0, 0.1) is 11.7 Å². The van der Waals surface area contributed by atoms with Crippen molar-refractivity contribution in [1.82, 2.24) is 14.1 Å². The lowest BCUT2D eigenvalue weighted by Crippen LogP contribution is -2.53. The van der Waals surface area contributed by atoms with Gasteiger partial charge in [-0.25, -0.2) is 12.8 Å². The lowest BCUT2D eigenvalue weighted by Gasteiger charge is -2.37. The maximum absolute atomic E-state index is 13.3. The lowest BCUT2D eigenvalue weighted by atomic mass is 9.87. The number of carbonyl (C=O) groups excluding carboxylic acids is 1. The van der Waals surface area contributed by atoms with E-state index in [1.807, 2.05) is 7.05 Å². The second-order valence-corrected chi connectivity index (χ2v) is 10.5. The molecular weight excluding hydrogens is 417 g/mol. The van der Waals surface area contributed by atoms with Crippen molar-refractivity contribution in [1.29, 1.82) is 0 Å². The van der Waals surface area contributed by atoms with E-state index < -0.39 is 15.8 Å². The molecule has 0 unspecified atom stereocenters. The number of hydrogen-bond donors (Lipinski definition) is 0. The van der Waals surface area contributed by atoms with Crippen LogP contribution in [0.4, 0.5) is 4.39 Å². The Morgan fingerprint density at radius 2 is 1.79 bits per heavy atom. The molecule has 1 aromatic carbocycles. The quantitative estimate of drug-likeness (QED) is 0.699. The summed E-state index contributed by atoms with van der Waals surface area (Å²) >= 11 is 5.73. The summed E-state index contributed by atoms with van der Waals surface area (Å²) in [6.45, 7) is 3.76. The first-order chi connectivity index (χ1) is 13.7. The Bertz CT molecular complexity index is 835. The SMILES string of the molecule is CC1CCC(N(C)CC(=O)N2CCN(S(=O)(=O)c3ccc(F)c(Cl)c3)CC2)CC1. The van der Waals surface area contributed by atoms with Crippen molar-refractivity contribution in [3.05, 3.63) is 29.0 Å². The molecular formula is C20H29ClFN3O3S. The number of nitrogens with zero attached hydrogens (tertiary/aromatic N) is 3. The van der Waals surface area contributed by atoms with E-state index in [1.54, 1.807) is 4.90 Å². The van der Waals surface area contributed by atoms with Gasteiger partial charge in [0.25, 0.3) is 0 Å². The molecule has 0 spiro atoms. The molecule has 0 bridgehead atoms. The molecule has 0 radical (unpaired) electrons. The van der Waals surface area contributed by atoms with Crippen LogP contribution in [0.3, 0.4) is 0 Å². The van der Waals surface area contributed by atoms with Crippen molar-refractivity contribution in [2.75, 3.05) is 39.8 Å². The number of carbonyl (C=O) groups is 1. The minimum Gasteiger partial charge on any atom is -0.339 e. The van der Waals surface area contributed by atoms with Crippen LogP contribution in [0.2, 0.25) is 5.02 Å². The predicted octanol–water partition coefficient (Wildman–Crippen LogP) is 2.82. The number of amides is 1. The lowest BCUT2D eigenvalue weighted by molar-refractivity contribution is -0.134. The molecule has 29 heavy (non-hydrogen) atoms. The summed E-state index contributed by atoms with van der Waals surface area (Å²) in [6.07, 6.45) is 4.65. The molecule has 0 N–H and O–H groups in total. The van der Waals surface area contributed by atoms with Crippen LogP contribution >= 0.6 is 11.6 Å². The summed E-state index contributed by atoms with van der Waals surface area (Å²) in [4.78, 5) is 16.5. The van der Waals surface area contributed by atoms with Gasteiger partial charge in [-0.05, 0) is 56.8 Å². The molecule has 1 heterocycles. The van der Waals surface area contributed by atoms with Crippen molar-refractivity contribution in [3.8, 4) is 0 Å². The van der Waals surface area contributed by atoms with Crippen molar-refractivity contribution in [2.45, 2.75) is 43.5 Å². The fourth-order valence-corrected chi connectivity index (χ4v) is 5.78. The monoisotopic (exact) mass is 445 g/mol. The second-order valence-electron chi connectivity index (χ2n) is 8.19. The molecule has 6 nitrogen and oxygen atoms in total. The highest BCUT2D eigenvalue weighted by Crippen LogP contribution is 2.27. The summed E-state index contributed by atoms with van der Waals surface area (Å²) in [6, 6.07) is 3.84. The van der Waals surface area contributed by atoms with Crippen LogP contribution in [0.25, 0.3) is 0 Å². The molecule has 0 atom stereocenters. The third kappa shape index (κ3) is 5.29. The number of sulfonamides is 1. The van der Waals surface area contributed by atoms with Gasteiger partial charge < -0.3 is 4.90 Å². The summed E-state index contributed by atoms with van der Waals surface area (Å²) in [5.74, 6) is 0.145. The highest BCUT2D eigenvalue weighted by molar-refractivity contribution is 7.89. The molecule has 1 saturated heterocycles. The van der Waals surface area contributed by atoms with Crippen LogP contribution in [0.1, 0.15) is 32.6 Å². The molecule has 1 aliphatic heterocycles. The van der Waals surface area contributed by atoms with E-state index in [0.717, 1.165) is 30.9 Å². The van der Waals surface area contributed by atoms with Crippen LogP contribution in [-0.2, 0) is 14.8 Å². The molecule has 1 amide bonds. The first-order valence-electron chi connectivity index (χ1n) is 10.1. The molecule has 1 saturated carbocycles. The van der Waals surface area contributed by atoms with Gasteiger partial charge in [-0.15, -0.1) is 0 Å². The molecule has 1 aromatic rings. The first-order valence-corrected chi connectivity index (χ1v) is 11.9. The molecule has 3 rings (SSSR count). The summed E-state index contributed by atoms with van der Waals surface area (Å²) in [5, 5.41) is -0.222. The van der Waals surface area contributed by atoms with Crippen molar-refractivity contribution >= 4 is 27.5 Å². The van der Waals surface area contributed by atoms with Gasteiger partial charge in [-0.3, -0.25) is 9.69 Å². The van der Waals surface area contributed by atoms with Crippen LogP contribution in [0.15, 0.2) is 23.1 Å². The Labute approximate surface area is 177 Å². The minimum absolute atomic E-state index is 0.0325. The largest absolute Gasteiger partial charge is 0.339 e. The topological polar surface area (TPSA) is 60.9 Å². The number of halogens is 2. The van der Waals surface area contributed by atoms with Crippen LogP contribution in [-0.4, -0.2) is 74.2 Å². The maximum Gasteiger partial charge on any atom is 0.243 e. The Morgan fingerprint density at radius 3 is 2.38 bits per heavy atom. The van der Waals surface area contributed by atoms with Gasteiger partial charge in [-0.2, -0.15) is 4.31 Å². The molecule has 9 heteroatoms. The van der Waals surface area contributed by atoms with E-state index in [1.165, 1.54) is 23.2 Å². The Balaban J connectivity index is 1.54. The van der Waals surface area contributed by atoms with E-state index in [0.29, 0.717) is 25.7 Å². The van der Waals surface area contributed by atoms with Gasteiger partial charge >= 0.3 is 0 Å². The second kappa shape index (κ2) is 9.29. The van der Waals surface area contributed by atoms with Crippen LogP contribution < -0.4 is 0 Å². The van der Waals surface area contributed by atoms with Crippen molar-refractivity contribution < 1.29 is 17.6 Å². The number of benzene rings is 1. The van der Waals surface area contributed by atoms with Gasteiger partial charge in [-0.1, -0.05) is 18.5 Å². The smallest absolute Gasteiger partial charge is 0.243 e. The molecule has 2 aliphatic rings. The van der Waals surface area contributed by atoms with Crippen LogP contribution in [0.5, 0.6) is 0 Å². The zero-order valence-corrected chi connectivity index (χ0v) is 18.6. The van der Waals surface area contributed by atoms with E-state index in [-0.39, 0.29) is 28.9 Å². The number of rotatable bonds is 5. The van der Waals surface area contributed by atoms with Gasteiger partial charge in [0, 0.05) is 32.2 Å². The van der Waals surface area contributed by atoms with Gasteiger partial charge in [0.2, 0.25) is 15.9 Å². The highest BCUT2D eigenvalue weighted by Gasteiger charge is 2.31. The molecule has 2 fully saturated rings. The Morgan fingerprint density at radius 1 is 1.17 bits per heavy atom. The predicted molar refractivity (Wildman–Crippen MR) is 111 cm³/mol. The van der Waals surface area contributed by atoms with Gasteiger partial charge in [0.05, 0.1) is 16.5 Å². The highest BCUT2D eigenvalue weighted by atomic mass is 35.5. The average molecular weight is 446 g/mol.